The third kappa shape index (κ3) is 1.53. The number of ether oxygens (including phenoxy) is 2. The van der Waals surface area contributed by atoms with Crippen LogP contribution in [0.4, 0.5) is 0 Å². The summed E-state index contributed by atoms with van der Waals surface area (Å²) in [4.78, 5) is 0. The molecule has 1 fully saturated rings. The van der Waals surface area contributed by atoms with Gasteiger partial charge in [0.15, 0.2) is 11.5 Å². The van der Waals surface area contributed by atoms with Gasteiger partial charge in [0.05, 0.1) is 0 Å². The summed E-state index contributed by atoms with van der Waals surface area (Å²) in [6.45, 7) is 6.30. The van der Waals surface area contributed by atoms with E-state index in [1.54, 1.807) is 0 Å². The Morgan fingerprint density at radius 1 is 1.18 bits per heavy atom. The first-order chi connectivity index (χ1) is 8.18. The molecule has 1 heterocycles. The lowest BCUT2D eigenvalue weighted by Gasteiger charge is -2.25. The van der Waals surface area contributed by atoms with Crippen molar-refractivity contribution in [2.24, 2.45) is 5.73 Å². The largest absolute Gasteiger partial charge is 0.486 e. The van der Waals surface area contributed by atoms with E-state index >= 15 is 0 Å². The van der Waals surface area contributed by atoms with Crippen molar-refractivity contribution in [2.75, 3.05) is 19.8 Å². The van der Waals surface area contributed by atoms with E-state index < -0.39 is 0 Å². The van der Waals surface area contributed by atoms with Crippen LogP contribution in [0.25, 0.3) is 0 Å². The minimum absolute atomic E-state index is 0.213. The molecule has 1 aliphatic carbocycles. The van der Waals surface area contributed by atoms with Crippen molar-refractivity contribution in [1.82, 2.24) is 0 Å². The fraction of sp³-hybridized carbons (Fsp3) is 0.571. The van der Waals surface area contributed by atoms with Gasteiger partial charge in [0, 0.05) is 12.0 Å². The van der Waals surface area contributed by atoms with Crippen molar-refractivity contribution in [1.29, 1.82) is 0 Å². The van der Waals surface area contributed by atoms with Crippen LogP contribution in [0, 0.1) is 13.8 Å². The highest BCUT2D eigenvalue weighted by atomic mass is 16.6. The molecular formula is C14H19NO2. The molecule has 0 atom stereocenters. The van der Waals surface area contributed by atoms with Crippen LogP contribution in [-0.4, -0.2) is 19.8 Å². The Labute approximate surface area is 102 Å². The van der Waals surface area contributed by atoms with Gasteiger partial charge < -0.3 is 15.2 Å². The van der Waals surface area contributed by atoms with Crippen molar-refractivity contribution in [3.8, 4) is 11.5 Å². The lowest BCUT2D eigenvalue weighted by Crippen LogP contribution is -2.23. The van der Waals surface area contributed by atoms with E-state index in [-0.39, 0.29) is 5.41 Å². The third-order valence-corrected chi connectivity index (χ3v) is 4.21. The second-order valence-electron chi connectivity index (χ2n) is 5.18. The van der Waals surface area contributed by atoms with Crippen LogP contribution in [-0.2, 0) is 5.41 Å². The molecule has 0 unspecified atom stereocenters. The van der Waals surface area contributed by atoms with Crippen LogP contribution in [0.2, 0.25) is 0 Å². The summed E-state index contributed by atoms with van der Waals surface area (Å²) in [6.07, 6.45) is 2.40. The van der Waals surface area contributed by atoms with Crippen LogP contribution < -0.4 is 15.2 Å². The molecule has 1 saturated carbocycles. The van der Waals surface area contributed by atoms with Gasteiger partial charge in [-0.25, -0.2) is 0 Å². The molecule has 2 aliphatic rings. The number of benzene rings is 1. The van der Waals surface area contributed by atoms with Crippen molar-refractivity contribution >= 4 is 0 Å². The van der Waals surface area contributed by atoms with E-state index in [1.807, 2.05) is 0 Å². The summed E-state index contributed by atoms with van der Waals surface area (Å²) < 4.78 is 11.4. The van der Waals surface area contributed by atoms with Crippen molar-refractivity contribution in [3.05, 3.63) is 22.8 Å². The zero-order chi connectivity index (χ0) is 12.0. The molecule has 1 aromatic rings. The zero-order valence-corrected chi connectivity index (χ0v) is 10.5. The molecule has 0 saturated heterocycles. The molecule has 2 N–H and O–H groups in total. The van der Waals surface area contributed by atoms with E-state index in [0.717, 1.165) is 18.0 Å². The number of hydrogen-bond acceptors (Lipinski definition) is 3. The number of hydrogen-bond donors (Lipinski definition) is 1. The summed E-state index contributed by atoms with van der Waals surface area (Å²) >= 11 is 0. The summed E-state index contributed by atoms with van der Waals surface area (Å²) in [5.41, 5.74) is 10.0. The lowest BCUT2D eigenvalue weighted by atomic mass is 9.89. The van der Waals surface area contributed by atoms with Gasteiger partial charge in [-0.15, -0.1) is 0 Å². The molecule has 92 valence electrons. The van der Waals surface area contributed by atoms with Gasteiger partial charge in [-0.1, -0.05) is 0 Å². The third-order valence-electron chi connectivity index (χ3n) is 4.21. The number of rotatable bonds is 2. The minimum atomic E-state index is 0.213. The Bertz CT molecular complexity index is 464. The average molecular weight is 233 g/mol. The van der Waals surface area contributed by atoms with Crippen LogP contribution in [0.3, 0.4) is 0 Å². The highest BCUT2D eigenvalue weighted by Crippen LogP contribution is 2.51. The Balaban J connectivity index is 2.14. The second kappa shape index (κ2) is 3.64. The van der Waals surface area contributed by atoms with Gasteiger partial charge in [0.25, 0.3) is 0 Å². The topological polar surface area (TPSA) is 44.5 Å². The van der Waals surface area contributed by atoms with E-state index in [2.05, 4.69) is 19.9 Å². The van der Waals surface area contributed by atoms with Gasteiger partial charge >= 0.3 is 0 Å². The Kier molecular flexibility index (Phi) is 2.33. The quantitative estimate of drug-likeness (QED) is 0.850. The van der Waals surface area contributed by atoms with Gasteiger partial charge in [-0.05, 0) is 49.4 Å². The summed E-state index contributed by atoms with van der Waals surface area (Å²) in [5.74, 6) is 1.82. The maximum atomic E-state index is 5.92. The van der Waals surface area contributed by atoms with Crippen molar-refractivity contribution < 1.29 is 9.47 Å². The highest BCUT2D eigenvalue weighted by Gasteiger charge is 2.44. The van der Waals surface area contributed by atoms with Crippen LogP contribution in [0.15, 0.2) is 6.07 Å². The van der Waals surface area contributed by atoms with Gasteiger partial charge in [-0.3, -0.25) is 0 Å². The van der Waals surface area contributed by atoms with Gasteiger partial charge in [0.2, 0.25) is 0 Å². The van der Waals surface area contributed by atoms with Crippen LogP contribution in [0.1, 0.15) is 29.5 Å². The zero-order valence-electron chi connectivity index (χ0n) is 10.5. The molecule has 0 bridgehead atoms. The summed E-state index contributed by atoms with van der Waals surface area (Å²) in [5, 5.41) is 0. The number of fused-ring (bicyclic) bond motifs is 1. The van der Waals surface area contributed by atoms with Crippen molar-refractivity contribution in [3.63, 3.8) is 0 Å². The first-order valence-electron chi connectivity index (χ1n) is 6.28. The normalized spacial score (nSPS) is 20.2. The van der Waals surface area contributed by atoms with Crippen LogP contribution in [0.5, 0.6) is 11.5 Å². The molecule has 3 heteroatoms. The smallest absolute Gasteiger partial charge is 0.164 e. The molecular weight excluding hydrogens is 214 g/mol. The molecule has 17 heavy (non-hydrogen) atoms. The maximum absolute atomic E-state index is 5.92. The molecule has 0 radical (unpaired) electrons. The standard InChI is InChI=1S/C14H19NO2/c1-9-10(2)13-12(16-5-6-17-13)7-11(9)14(8-15)3-4-14/h7H,3-6,8,15H2,1-2H3. The summed E-state index contributed by atoms with van der Waals surface area (Å²) in [6, 6.07) is 2.15. The average Bonchev–Trinajstić information content (AvgIpc) is 3.15. The Morgan fingerprint density at radius 2 is 1.88 bits per heavy atom. The predicted molar refractivity (Wildman–Crippen MR) is 66.9 cm³/mol. The van der Waals surface area contributed by atoms with E-state index in [9.17, 15) is 0 Å². The highest BCUT2D eigenvalue weighted by molar-refractivity contribution is 5.57. The fourth-order valence-corrected chi connectivity index (χ4v) is 2.73. The maximum Gasteiger partial charge on any atom is 0.164 e. The van der Waals surface area contributed by atoms with E-state index in [4.69, 9.17) is 15.2 Å². The number of nitrogens with two attached hydrogens (primary N) is 1. The first kappa shape index (κ1) is 10.9. The van der Waals surface area contributed by atoms with Gasteiger partial charge in [-0.2, -0.15) is 0 Å². The fourth-order valence-electron chi connectivity index (χ4n) is 2.73. The Hall–Kier alpha value is -1.22. The molecule has 3 nitrogen and oxygen atoms in total. The predicted octanol–water partition coefficient (Wildman–Crippen LogP) is 2.06. The second-order valence-corrected chi connectivity index (χ2v) is 5.18. The molecule has 0 aromatic heterocycles. The lowest BCUT2D eigenvalue weighted by molar-refractivity contribution is 0.170. The molecule has 3 rings (SSSR count). The van der Waals surface area contributed by atoms with E-state index in [1.165, 1.54) is 29.5 Å². The summed E-state index contributed by atoms with van der Waals surface area (Å²) in [7, 11) is 0. The minimum Gasteiger partial charge on any atom is -0.486 e. The molecule has 0 spiro atoms. The monoisotopic (exact) mass is 233 g/mol. The van der Waals surface area contributed by atoms with Crippen LogP contribution >= 0.6 is 0 Å². The van der Waals surface area contributed by atoms with E-state index in [0.29, 0.717) is 13.2 Å². The van der Waals surface area contributed by atoms with Crippen molar-refractivity contribution in [2.45, 2.75) is 32.1 Å². The Morgan fingerprint density at radius 3 is 2.53 bits per heavy atom. The first-order valence-corrected chi connectivity index (χ1v) is 6.28. The SMILES string of the molecule is Cc1c(C2(CN)CC2)cc2c(c1C)OCCO2. The molecule has 1 aromatic carbocycles. The molecule has 1 aliphatic heterocycles. The van der Waals surface area contributed by atoms with Gasteiger partial charge in [0.1, 0.15) is 13.2 Å². The molecule has 0 amide bonds.